The zero-order chi connectivity index (χ0) is 13.1. The van der Waals surface area contributed by atoms with Crippen molar-refractivity contribution in [2.45, 2.75) is 45.1 Å². The summed E-state index contributed by atoms with van der Waals surface area (Å²) in [6.07, 6.45) is 1.84. The summed E-state index contributed by atoms with van der Waals surface area (Å²) in [5, 5.41) is 0. The molecule has 1 amide bonds. The molecule has 1 fully saturated rings. The number of rotatable bonds is 2. The third-order valence-electron chi connectivity index (χ3n) is 4.01. The molecule has 96 valence electrons. The lowest BCUT2D eigenvalue weighted by atomic mass is 9.96. The Labute approximate surface area is 107 Å². The Kier molecular flexibility index (Phi) is 2.25. The number of benzene rings is 1. The first-order valence-electron chi connectivity index (χ1n) is 6.49. The van der Waals surface area contributed by atoms with Gasteiger partial charge in [-0.3, -0.25) is 4.79 Å². The molecule has 1 aliphatic heterocycles. The molecular weight excluding hydrogens is 226 g/mol. The van der Waals surface area contributed by atoms with Gasteiger partial charge in [-0.2, -0.15) is 0 Å². The molecule has 1 heterocycles. The maximum atomic E-state index is 11.2. The van der Waals surface area contributed by atoms with Gasteiger partial charge in [-0.25, -0.2) is 0 Å². The summed E-state index contributed by atoms with van der Waals surface area (Å²) < 4.78 is 5.95. The molecule has 3 nitrogen and oxygen atoms in total. The summed E-state index contributed by atoms with van der Waals surface area (Å²) in [4.78, 5) is 11.2. The fourth-order valence-electron chi connectivity index (χ4n) is 3.04. The van der Waals surface area contributed by atoms with Crippen LogP contribution in [0.3, 0.4) is 0 Å². The lowest BCUT2D eigenvalue weighted by Crippen LogP contribution is -2.24. The first-order chi connectivity index (χ1) is 8.37. The highest BCUT2D eigenvalue weighted by Gasteiger charge is 2.44. The van der Waals surface area contributed by atoms with Crippen molar-refractivity contribution in [2.24, 2.45) is 11.7 Å². The number of primary amides is 1. The molecule has 0 bridgehead atoms. The maximum absolute atomic E-state index is 11.2. The summed E-state index contributed by atoms with van der Waals surface area (Å²) in [5.74, 6) is 1.13. The molecule has 3 rings (SSSR count). The molecule has 3 heteroatoms. The van der Waals surface area contributed by atoms with E-state index in [1.807, 2.05) is 0 Å². The number of fused-ring (bicyclic) bond motifs is 1. The molecular formula is C15H19NO2. The maximum Gasteiger partial charge on any atom is 0.221 e. The fraction of sp³-hybridized carbons (Fsp3) is 0.533. The lowest BCUT2D eigenvalue weighted by molar-refractivity contribution is -0.119. The van der Waals surface area contributed by atoms with Crippen LogP contribution in [0.4, 0.5) is 0 Å². The van der Waals surface area contributed by atoms with Gasteiger partial charge >= 0.3 is 0 Å². The van der Waals surface area contributed by atoms with E-state index in [1.54, 1.807) is 0 Å². The quantitative estimate of drug-likeness (QED) is 0.869. The second-order valence-electron chi connectivity index (χ2n) is 6.21. The van der Waals surface area contributed by atoms with Gasteiger partial charge in [-0.1, -0.05) is 6.07 Å². The number of hydrogen-bond acceptors (Lipinski definition) is 2. The number of aryl methyl sites for hydroxylation is 1. The lowest BCUT2D eigenvalue weighted by Gasteiger charge is -2.17. The highest BCUT2D eigenvalue weighted by atomic mass is 16.5. The fourth-order valence-corrected chi connectivity index (χ4v) is 3.04. The molecule has 1 aromatic rings. The van der Waals surface area contributed by atoms with Crippen LogP contribution in [0, 0.1) is 12.8 Å². The van der Waals surface area contributed by atoms with Gasteiger partial charge in [0.1, 0.15) is 11.4 Å². The minimum Gasteiger partial charge on any atom is -0.487 e. The summed E-state index contributed by atoms with van der Waals surface area (Å²) in [7, 11) is 0. The van der Waals surface area contributed by atoms with Gasteiger partial charge in [0.2, 0.25) is 5.91 Å². The summed E-state index contributed by atoms with van der Waals surface area (Å²) in [6, 6.07) is 4.32. The summed E-state index contributed by atoms with van der Waals surface area (Å²) in [5.41, 5.74) is 9.01. The second-order valence-corrected chi connectivity index (χ2v) is 6.21. The van der Waals surface area contributed by atoms with Crippen molar-refractivity contribution in [2.75, 3.05) is 0 Å². The van der Waals surface area contributed by atoms with Gasteiger partial charge in [0, 0.05) is 12.3 Å². The Morgan fingerprint density at radius 2 is 2.17 bits per heavy atom. The van der Waals surface area contributed by atoms with Crippen molar-refractivity contribution in [3.8, 4) is 5.75 Å². The van der Waals surface area contributed by atoms with E-state index in [4.69, 9.17) is 10.5 Å². The first kappa shape index (κ1) is 11.6. The van der Waals surface area contributed by atoms with E-state index in [0.717, 1.165) is 18.6 Å². The second kappa shape index (κ2) is 3.50. The minimum atomic E-state index is -0.179. The van der Waals surface area contributed by atoms with Gasteiger partial charge in [0.25, 0.3) is 0 Å². The standard InChI is InChI=1S/C15H19NO2/c1-8-4-9-7-15(2,3)18-13(9)6-10(8)11-5-12(11)14(16)17/h4,6,11-12H,5,7H2,1-3H3,(H2,16,17)/t11-,12+/m0/s1. The minimum absolute atomic E-state index is 0.0242. The zero-order valence-corrected chi connectivity index (χ0v) is 11.1. The number of amides is 1. The molecule has 1 aromatic carbocycles. The molecule has 0 aromatic heterocycles. The molecule has 0 unspecified atom stereocenters. The summed E-state index contributed by atoms with van der Waals surface area (Å²) in [6.45, 7) is 6.31. The van der Waals surface area contributed by atoms with Crippen molar-refractivity contribution in [3.63, 3.8) is 0 Å². The SMILES string of the molecule is Cc1cc2c(cc1[C@@H]1C[C@H]1C(N)=O)OC(C)(C)C2. The van der Waals surface area contributed by atoms with Crippen LogP contribution >= 0.6 is 0 Å². The predicted octanol–water partition coefficient (Wildman–Crippen LogP) is 2.30. The highest BCUT2D eigenvalue weighted by Crippen LogP contribution is 2.50. The molecule has 0 radical (unpaired) electrons. The number of hydrogen-bond donors (Lipinski definition) is 1. The van der Waals surface area contributed by atoms with Crippen LogP contribution in [0.15, 0.2) is 12.1 Å². The first-order valence-corrected chi connectivity index (χ1v) is 6.49. The molecule has 1 saturated carbocycles. The van der Waals surface area contributed by atoms with Crippen molar-refractivity contribution < 1.29 is 9.53 Å². The monoisotopic (exact) mass is 245 g/mol. The van der Waals surface area contributed by atoms with Crippen LogP contribution in [0.2, 0.25) is 0 Å². The van der Waals surface area contributed by atoms with Gasteiger partial charge in [0.05, 0.1) is 0 Å². The Bertz CT molecular complexity index is 534. The number of carbonyl (C=O) groups is 1. The molecule has 2 N–H and O–H groups in total. The third kappa shape index (κ3) is 1.78. The predicted molar refractivity (Wildman–Crippen MR) is 69.6 cm³/mol. The Morgan fingerprint density at radius 1 is 1.44 bits per heavy atom. The molecule has 2 aliphatic rings. The van der Waals surface area contributed by atoms with E-state index in [1.165, 1.54) is 16.7 Å². The molecule has 0 saturated heterocycles. The smallest absolute Gasteiger partial charge is 0.221 e. The van der Waals surface area contributed by atoms with Crippen LogP contribution in [0.1, 0.15) is 42.9 Å². The summed E-state index contributed by atoms with van der Waals surface area (Å²) >= 11 is 0. The van der Waals surface area contributed by atoms with E-state index < -0.39 is 0 Å². The van der Waals surface area contributed by atoms with Crippen LogP contribution in [0.25, 0.3) is 0 Å². The Hall–Kier alpha value is -1.51. The molecule has 0 spiro atoms. The van der Waals surface area contributed by atoms with Crippen LogP contribution in [-0.4, -0.2) is 11.5 Å². The van der Waals surface area contributed by atoms with Crippen LogP contribution in [-0.2, 0) is 11.2 Å². The van der Waals surface area contributed by atoms with E-state index in [-0.39, 0.29) is 17.4 Å². The number of carbonyl (C=O) groups excluding carboxylic acids is 1. The molecule has 1 aliphatic carbocycles. The largest absolute Gasteiger partial charge is 0.487 e. The third-order valence-corrected chi connectivity index (χ3v) is 4.01. The van der Waals surface area contributed by atoms with Gasteiger partial charge in [0.15, 0.2) is 0 Å². The molecule has 2 atom stereocenters. The van der Waals surface area contributed by atoms with E-state index in [0.29, 0.717) is 5.92 Å². The van der Waals surface area contributed by atoms with Gasteiger partial charge < -0.3 is 10.5 Å². The molecule has 18 heavy (non-hydrogen) atoms. The highest BCUT2D eigenvalue weighted by molar-refractivity contribution is 5.81. The van der Waals surface area contributed by atoms with Gasteiger partial charge in [-0.15, -0.1) is 0 Å². The van der Waals surface area contributed by atoms with Crippen LogP contribution < -0.4 is 10.5 Å². The van der Waals surface area contributed by atoms with Gasteiger partial charge in [-0.05, 0) is 55.9 Å². The Morgan fingerprint density at radius 3 is 2.78 bits per heavy atom. The normalized spacial score (nSPS) is 27.5. The van der Waals surface area contributed by atoms with Crippen molar-refractivity contribution >= 4 is 5.91 Å². The van der Waals surface area contributed by atoms with Crippen molar-refractivity contribution in [3.05, 3.63) is 28.8 Å². The topological polar surface area (TPSA) is 52.3 Å². The van der Waals surface area contributed by atoms with Crippen LogP contribution in [0.5, 0.6) is 5.75 Å². The number of ether oxygens (including phenoxy) is 1. The Balaban J connectivity index is 1.93. The van der Waals surface area contributed by atoms with E-state index >= 15 is 0 Å². The zero-order valence-electron chi connectivity index (χ0n) is 11.1. The van der Waals surface area contributed by atoms with Crippen molar-refractivity contribution in [1.82, 2.24) is 0 Å². The average Bonchev–Trinajstić information content (AvgIpc) is 2.95. The number of nitrogens with two attached hydrogens (primary N) is 1. The average molecular weight is 245 g/mol. The van der Waals surface area contributed by atoms with Crippen molar-refractivity contribution in [1.29, 1.82) is 0 Å². The van der Waals surface area contributed by atoms with E-state index in [2.05, 4.69) is 32.9 Å². The van der Waals surface area contributed by atoms with E-state index in [9.17, 15) is 4.79 Å².